The van der Waals surface area contributed by atoms with Crippen molar-refractivity contribution < 1.29 is 19.4 Å². The van der Waals surface area contributed by atoms with E-state index in [0.717, 1.165) is 5.69 Å². The van der Waals surface area contributed by atoms with E-state index in [4.69, 9.17) is 15.2 Å². The number of aromatic hydroxyl groups is 1. The first kappa shape index (κ1) is 13.1. The van der Waals surface area contributed by atoms with Gasteiger partial charge in [-0.15, -0.1) is 0 Å². The van der Waals surface area contributed by atoms with Gasteiger partial charge in [0.05, 0.1) is 0 Å². The van der Waals surface area contributed by atoms with Gasteiger partial charge >= 0.3 is 0 Å². The van der Waals surface area contributed by atoms with Gasteiger partial charge in [-0.05, 0) is 30.3 Å². The van der Waals surface area contributed by atoms with E-state index in [9.17, 15) is 9.90 Å². The molecular formula is C15H14N2O4. The van der Waals surface area contributed by atoms with Crippen LogP contribution in [-0.4, -0.2) is 17.8 Å². The Hall–Kier alpha value is -2.89. The largest absolute Gasteiger partial charge is 0.507 e. The van der Waals surface area contributed by atoms with E-state index in [-0.39, 0.29) is 12.5 Å². The van der Waals surface area contributed by atoms with Crippen LogP contribution in [0.15, 0.2) is 36.4 Å². The van der Waals surface area contributed by atoms with Gasteiger partial charge in [0.1, 0.15) is 5.75 Å². The smallest absolute Gasteiger partial charge is 0.248 e. The summed E-state index contributed by atoms with van der Waals surface area (Å²) in [5, 5.41) is 13.1. The summed E-state index contributed by atoms with van der Waals surface area (Å²) in [4.78, 5) is 11.0. The molecule has 0 unspecified atom stereocenters. The number of hydrogen-bond donors (Lipinski definition) is 3. The molecule has 0 aromatic heterocycles. The Morgan fingerprint density at radius 1 is 1.19 bits per heavy atom. The Morgan fingerprint density at radius 2 is 1.86 bits per heavy atom. The molecule has 4 N–H and O–H groups in total. The minimum atomic E-state index is -0.463. The fourth-order valence-corrected chi connectivity index (χ4v) is 2.06. The maximum absolute atomic E-state index is 11.0. The lowest BCUT2D eigenvalue weighted by Crippen LogP contribution is -2.10. The average Bonchev–Trinajstić information content (AvgIpc) is 2.92. The summed E-state index contributed by atoms with van der Waals surface area (Å²) >= 11 is 0. The molecule has 0 saturated carbocycles. The molecule has 108 valence electrons. The van der Waals surface area contributed by atoms with Crippen LogP contribution in [0.4, 0.5) is 5.69 Å². The summed E-state index contributed by atoms with van der Waals surface area (Å²) in [6.45, 7) is 0.582. The number of benzene rings is 2. The van der Waals surface area contributed by atoms with E-state index in [1.54, 1.807) is 30.3 Å². The molecule has 21 heavy (non-hydrogen) atoms. The summed E-state index contributed by atoms with van der Waals surface area (Å²) in [5.41, 5.74) is 7.14. The van der Waals surface area contributed by atoms with E-state index >= 15 is 0 Å². The fourth-order valence-electron chi connectivity index (χ4n) is 2.06. The molecular weight excluding hydrogens is 272 g/mol. The van der Waals surface area contributed by atoms with E-state index in [0.29, 0.717) is 29.2 Å². The molecule has 3 rings (SSSR count). The monoisotopic (exact) mass is 286 g/mol. The summed E-state index contributed by atoms with van der Waals surface area (Å²) in [7, 11) is 0. The molecule has 1 aliphatic heterocycles. The molecule has 0 aliphatic carbocycles. The number of phenols is 1. The molecule has 1 aliphatic rings. The Kier molecular flexibility index (Phi) is 3.27. The summed E-state index contributed by atoms with van der Waals surface area (Å²) in [5.74, 6) is 0.839. The molecule has 6 heteroatoms. The van der Waals surface area contributed by atoms with Crippen molar-refractivity contribution in [2.75, 3.05) is 12.1 Å². The molecule has 0 bridgehead atoms. The Morgan fingerprint density at radius 3 is 2.52 bits per heavy atom. The zero-order valence-corrected chi connectivity index (χ0v) is 11.1. The van der Waals surface area contributed by atoms with Crippen LogP contribution < -0.4 is 20.5 Å². The molecule has 1 heterocycles. The van der Waals surface area contributed by atoms with Crippen molar-refractivity contribution in [3.8, 4) is 17.2 Å². The number of rotatable bonds is 4. The predicted octanol–water partition coefficient (Wildman–Crippen LogP) is 1.83. The lowest BCUT2D eigenvalue weighted by Gasteiger charge is -2.09. The van der Waals surface area contributed by atoms with Crippen LogP contribution in [0.5, 0.6) is 17.2 Å². The van der Waals surface area contributed by atoms with Gasteiger partial charge in [0, 0.05) is 29.4 Å². The van der Waals surface area contributed by atoms with Crippen molar-refractivity contribution in [3.05, 3.63) is 47.5 Å². The van der Waals surface area contributed by atoms with Gasteiger partial charge in [-0.25, -0.2) is 0 Å². The van der Waals surface area contributed by atoms with Crippen molar-refractivity contribution in [1.82, 2.24) is 0 Å². The van der Waals surface area contributed by atoms with Gasteiger partial charge in [0.2, 0.25) is 12.7 Å². The number of nitrogens with two attached hydrogens (primary N) is 1. The number of fused-ring (bicyclic) bond motifs is 1. The van der Waals surface area contributed by atoms with Crippen LogP contribution in [0.1, 0.15) is 15.9 Å². The van der Waals surface area contributed by atoms with Crippen LogP contribution in [0, 0.1) is 0 Å². The highest BCUT2D eigenvalue weighted by Crippen LogP contribution is 2.37. The molecule has 2 aromatic rings. The highest BCUT2D eigenvalue weighted by atomic mass is 16.7. The van der Waals surface area contributed by atoms with E-state index in [2.05, 4.69) is 5.32 Å². The number of carbonyl (C=O) groups is 1. The maximum atomic E-state index is 11.0. The number of anilines is 1. The van der Waals surface area contributed by atoms with Gasteiger partial charge in [-0.3, -0.25) is 4.79 Å². The maximum Gasteiger partial charge on any atom is 0.248 e. The third-order valence-corrected chi connectivity index (χ3v) is 3.23. The van der Waals surface area contributed by atoms with Gasteiger partial charge in [-0.2, -0.15) is 0 Å². The molecule has 0 spiro atoms. The second-order valence-electron chi connectivity index (χ2n) is 4.63. The number of hydrogen-bond acceptors (Lipinski definition) is 5. The first-order valence-corrected chi connectivity index (χ1v) is 6.39. The standard InChI is InChI=1S/C15H14N2O4/c16-15(19)9-1-3-11(4-2-9)17-7-10-5-13-14(6-12(10)18)21-8-20-13/h1-6,17-18H,7-8H2,(H2,16,19). The number of amides is 1. The first-order chi connectivity index (χ1) is 10.1. The van der Waals surface area contributed by atoms with Crippen LogP contribution in [0.2, 0.25) is 0 Å². The van der Waals surface area contributed by atoms with E-state index in [1.807, 2.05) is 0 Å². The molecule has 1 amide bonds. The summed E-state index contributed by atoms with van der Waals surface area (Å²) in [6.07, 6.45) is 0. The minimum absolute atomic E-state index is 0.139. The number of nitrogens with one attached hydrogen (secondary N) is 1. The number of phenolic OH excluding ortho intramolecular Hbond substituents is 1. The van der Waals surface area contributed by atoms with Crippen molar-refractivity contribution in [3.63, 3.8) is 0 Å². The minimum Gasteiger partial charge on any atom is -0.507 e. The molecule has 0 fully saturated rings. The normalized spacial score (nSPS) is 12.2. The summed E-state index contributed by atoms with van der Waals surface area (Å²) < 4.78 is 10.5. The highest BCUT2D eigenvalue weighted by Gasteiger charge is 2.16. The predicted molar refractivity (Wildman–Crippen MR) is 76.5 cm³/mol. The first-order valence-electron chi connectivity index (χ1n) is 6.39. The van der Waals surface area contributed by atoms with Crippen LogP contribution in [0.3, 0.4) is 0 Å². The van der Waals surface area contributed by atoms with Crippen molar-refractivity contribution in [2.45, 2.75) is 6.54 Å². The average molecular weight is 286 g/mol. The van der Waals surface area contributed by atoms with Gasteiger partial charge < -0.3 is 25.6 Å². The number of carbonyl (C=O) groups excluding carboxylic acids is 1. The zero-order valence-electron chi connectivity index (χ0n) is 11.1. The van der Waals surface area contributed by atoms with Crippen LogP contribution in [-0.2, 0) is 6.54 Å². The van der Waals surface area contributed by atoms with Gasteiger partial charge in [-0.1, -0.05) is 0 Å². The molecule has 6 nitrogen and oxygen atoms in total. The lowest BCUT2D eigenvalue weighted by molar-refractivity contribution is 0.100. The molecule has 0 atom stereocenters. The highest BCUT2D eigenvalue weighted by molar-refractivity contribution is 5.93. The SMILES string of the molecule is NC(=O)c1ccc(NCc2cc3c(cc2O)OCO3)cc1. The number of ether oxygens (including phenoxy) is 2. The summed E-state index contributed by atoms with van der Waals surface area (Å²) in [6, 6.07) is 10.1. The second kappa shape index (κ2) is 5.24. The Labute approximate surface area is 121 Å². The van der Waals surface area contributed by atoms with Crippen LogP contribution >= 0.6 is 0 Å². The number of primary amides is 1. The molecule has 0 saturated heterocycles. The Bertz CT molecular complexity index is 683. The molecule has 2 aromatic carbocycles. The fraction of sp³-hybridized carbons (Fsp3) is 0.133. The van der Waals surface area contributed by atoms with Gasteiger partial charge in [0.15, 0.2) is 11.5 Å². The van der Waals surface area contributed by atoms with Crippen LogP contribution in [0.25, 0.3) is 0 Å². The van der Waals surface area contributed by atoms with Crippen molar-refractivity contribution in [2.24, 2.45) is 5.73 Å². The van der Waals surface area contributed by atoms with E-state index in [1.165, 1.54) is 6.07 Å². The van der Waals surface area contributed by atoms with E-state index < -0.39 is 5.91 Å². The Balaban J connectivity index is 1.71. The second-order valence-corrected chi connectivity index (χ2v) is 4.63. The van der Waals surface area contributed by atoms with Gasteiger partial charge in [0.25, 0.3) is 0 Å². The zero-order chi connectivity index (χ0) is 14.8. The lowest BCUT2D eigenvalue weighted by atomic mass is 10.1. The molecule has 0 radical (unpaired) electrons. The quantitative estimate of drug-likeness (QED) is 0.797. The van der Waals surface area contributed by atoms with Crippen molar-refractivity contribution in [1.29, 1.82) is 0 Å². The third-order valence-electron chi connectivity index (χ3n) is 3.23. The van der Waals surface area contributed by atoms with Crippen molar-refractivity contribution >= 4 is 11.6 Å². The topological polar surface area (TPSA) is 93.8 Å². The third kappa shape index (κ3) is 2.69.